The van der Waals surface area contributed by atoms with Gasteiger partial charge in [0.05, 0.1) is 15.7 Å². The molecule has 7 heteroatoms. The van der Waals surface area contributed by atoms with E-state index in [1.54, 1.807) is 18.3 Å². The first-order valence-electron chi connectivity index (χ1n) is 10.1. The molecule has 0 unspecified atom stereocenters. The van der Waals surface area contributed by atoms with Gasteiger partial charge in [-0.1, -0.05) is 53.5 Å². The Morgan fingerprint density at radius 1 is 1.00 bits per heavy atom. The summed E-state index contributed by atoms with van der Waals surface area (Å²) in [4.78, 5) is 11.4. The Bertz CT molecular complexity index is 962. The molecule has 2 aromatic carbocycles. The minimum atomic E-state index is 0.206. The van der Waals surface area contributed by atoms with Gasteiger partial charge in [0.15, 0.2) is 0 Å². The minimum Gasteiger partial charge on any atom is -0.490 e. The standard InChI is InChI=1S/C23H24Cl2N4O/c24-20-7-6-19(16-21(20)25)30-18-9-13-29(14-10-18)15-12-27-23-26-11-8-22(28-23)17-4-2-1-3-5-17/h1-8,11,16,18H,9-10,12-15H2,(H,26,27,28). The van der Waals surface area contributed by atoms with Gasteiger partial charge in [-0.3, -0.25) is 0 Å². The first-order valence-corrected chi connectivity index (χ1v) is 10.9. The molecule has 5 nitrogen and oxygen atoms in total. The molecule has 0 bridgehead atoms. The van der Waals surface area contributed by atoms with Gasteiger partial charge in [0.2, 0.25) is 5.95 Å². The van der Waals surface area contributed by atoms with E-state index in [0.717, 1.165) is 56.0 Å². The van der Waals surface area contributed by atoms with Crippen LogP contribution in [-0.4, -0.2) is 47.2 Å². The van der Waals surface area contributed by atoms with Crippen molar-refractivity contribution >= 4 is 29.2 Å². The maximum Gasteiger partial charge on any atom is 0.223 e. The maximum absolute atomic E-state index is 6.07. The van der Waals surface area contributed by atoms with Crippen molar-refractivity contribution < 1.29 is 4.74 Å². The Kier molecular flexibility index (Phi) is 7.05. The number of likely N-dealkylation sites (tertiary alicyclic amines) is 1. The largest absolute Gasteiger partial charge is 0.490 e. The molecule has 156 valence electrons. The fraction of sp³-hybridized carbons (Fsp3) is 0.304. The van der Waals surface area contributed by atoms with E-state index >= 15 is 0 Å². The quantitative estimate of drug-likeness (QED) is 0.530. The van der Waals surface area contributed by atoms with Crippen molar-refractivity contribution in [3.05, 3.63) is 70.8 Å². The molecule has 0 amide bonds. The van der Waals surface area contributed by atoms with Gasteiger partial charge in [-0.25, -0.2) is 9.97 Å². The summed E-state index contributed by atoms with van der Waals surface area (Å²) in [6.45, 7) is 3.74. The van der Waals surface area contributed by atoms with E-state index in [1.165, 1.54) is 0 Å². The Morgan fingerprint density at radius 3 is 2.57 bits per heavy atom. The summed E-state index contributed by atoms with van der Waals surface area (Å²) in [6.07, 6.45) is 3.97. The number of aromatic nitrogens is 2. The van der Waals surface area contributed by atoms with Crippen LogP contribution in [0.3, 0.4) is 0 Å². The zero-order chi connectivity index (χ0) is 20.8. The fourth-order valence-electron chi connectivity index (χ4n) is 3.53. The third-order valence-electron chi connectivity index (χ3n) is 5.16. The zero-order valence-electron chi connectivity index (χ0n) is 16.6. The van der Waals surface area contributed by atoms with E-state index in [4.69, 9.17) is 27.9 Å². The average molecular weight is 443 g/mol. The van der Waals surface area contributed by atoms with Crippen molar-refractivity contribution in [3.8, 4) is 17.0 Å². The van der Waals surface area contributed by atoms with Crippen LogP contribution >= 0.6 is 23.2 Å². The highest BCUT2D eigenvalue weighted by Crippen LogP contribution is 2.28. The second-order valence-corrected chi connectivity index (χ2v) is 8.11. The molecule has 0 spiro atoms. The van der Waals surface area contributed by atoms with Crippen LogP contribution < -0.4 is 10.1 Å². The number of piperidine rings is 1. The van der Waals surface area contributed by atoms with Gasteiger partial charge in [0, 0.05) is 44.0 Å². The predicted molar refractivity (Wildman–Crippen MR) is 123 cm³/mol. The average Bonchev–Trinajstić information content (AvgIpc) is 2.78. The van der Waals surface area contributed by atoms with Gasteiger partial charge >= 0.3 is 0 Å². The molecule has 0 radical (unpaired) electrons. The number of hydrogen-bond donors (Lipinski definition) is 1. The SMILES string of the molecule is Clc1ccc(OC2CCN(CCNc3nccc(-c4ccccc4)n3)CC2)cc1Cl. The molecular weight excluding hydrogens is 419 g/mol. The number of benzene rings is 2. The van der Waals surface area contributed by atoms with E-state index in [1.807, 2.05) is 30.3 Å². The monoisotopic (exact) mass is 442 g/mol. The number of halogens is 2. The van der Waals surface area contributed by atoms with E-state index in [2.05, 4.69) is 32.3 Å². The van der Waals surface area contributed by atoms with Gasteiger partial charge < -0.3 is 15.0 Å². The number of ether oxygens (including phenoxy) is 1. The fourth-order valence-corrected chi connectivity index (χ4v) is 3.82. The second kappa shape index (κ2) is 10.1. The number of rotatable bonds is 7. The van der Waals surface area contributed by atoms with Crippen LogP contribution in [-0.2, 0) is 0 Å². The molecule has 0 aliphatic carbocycles. The number of nitrogens with zero attached hydrogens (tertiary/aromatic N) is 3. The molecule has 1 aliphatic rings. The van der Waals surface area contributed by atoms with E-state index < -0.39 is 0 Å². The topological polar surface area (TPSA) is 50.3 Å². The molecule has 3 aromatic rings. The number of nitrogens with one attached hydrogen (secondary N) is 1. The normalized spacial score (nSPS) is 15.1. The summed E-state index contributed by atoms with van der Waals surface area (Å²) >= 11 is 12.0. The molecule has 1 saturated heterocycles. The third-order valence-corrected chi connectivity index (χ3v) is 5.90. The van der Waals surface area contributed by atoms with Gasteiger partial charge in [0.25, 0.3) is 0 Å². The van der Waals surface area contributed by atoms with Crippen LogP contribution in [0.4, 0.5) is 5.95 Å². The predicted octanol–water partition coefficient (Wildman–Crippen LogP) is 5.41. The summed E-state index contributed by atoms with van der Waals surface area (Å²) in [5.74, 6) is 1.44. The van der Waals surface area contributed by atoms with E-state index in [-0.39, 0.29) is 6.10 Å². The second-order valence-electron chi connectivity index (χ2n) is 7.29. The molecule has 4 rings (SSSR count). The lowest BCUT2D eigenvalue weighted by Crippen LogP contribution is -2.40. The summed E-state index contributed by atoms with van der Waals surface area (Å²) in [5.41, 5.74) is 2.01. The highest BCUT2D eigenvalue weighted by molar-refractivity contribution is 6.42. The molecular formula is C23H24Cl2N4O. The minimum absolute atomic E-state index is 0.206. The molecule has 2 heterocycles. The smallest absolute Gasteiger partial charge is 0.223 e. The maximum atomic E-state index is 6.07. The summed E-state index contributed by atoms with van der Waals surface area (Å²) < 4.78 is 6.06. The Labute approximate surface area is 187 Å². The highest BCUT2D eigenvalue weighted by Gasteiger charge is 2.20. The molecule has 1 aliphatic heterocycles. The van der Waals surface area contributed by atoms with Gasteiger partial charge in [-0.15, -0.1) is 0 Å². The zero-order valence-corrected chi connectivity index (χ0v) is 18.1. The molecule has 0 saturated carbocycles. The summed E-state index contributed by atoms with van der Waals surface area (Å²) in [7, 11) is 0. The number of anilines is 1. The third kappa shape index (κ3) is 5.63. The summed E-state index contributed by atoms with van der Waals surface area (Å²) in [6, 6.07) is 17.5. The van der Waals surface area contributed by atoms with Crippen LogP contribution in [0.25, 0.3) is 11.3 Å². The van der Waals surface area contributed by atoms with E-state index in [9.17, 15) is 0 Å². The van der Waals surface area contributed by atoms with Crippen molar-refractivity contribution in [1.29, 1.82) is 0 Å². The van der Waals surface area contributed by atoms with Gasteiger partial charge in [-0.05, 0) is 31.0 Å². The first kappa shape index (κ1) is 20.9. The molecule has 1 N–H and O–H groups in total. The summed E-state index contributed by atoms with van der Waals surface area (Å²) in [5, 5.41) is 4.41. The van der Waals surface area contributed by atoms with Gasteiger partial charge in [0.1, 0.15) is 11.9 Å². The Morgan fingerprint density at radius 2 is 1.80 bits per heavy atom. The molecule has 1 aromatic heterocycles. The highest BCUT2D eigenvalue weighted by atomic mass is 35.5. The Hall–Kier alpha value is -2.34. The van der Waals surface area contributed by atoms with Crippen LogP contribution in [0, 0.1) is 0 Å². The first-order chi connectivity index (χ1) is 14.7. The van der Waals surface area contributed by atoms with Gasteiger partial charge in [-0.2, -0.15) is 0 Å². The van der Waals surface area contributed by atoms with Crippen LogP contribution in [0.2, 0.25) is 10.0 Å². The van der Waals surface area contributed by atoms with Crippen molar-refractivity contribution in [2.45, 2.75) is 18.9 Å². The van der Waals surface area contributed by atoms with Crippen LogP contribution in [0.15, 0.2) is 60.8 Å². The lowest BCUT2D eigenvalue weighted by atomic mass is 10.1. The van der Waals surface area contributed by atoms with Crippen molar-refractivity contribution in [2.24, 2.45) is 0 Å². The van der Waals surface area contributed by atoms with Crippen LogP contribution in [0.5, 0.6) is 5.75 Å². The molecule has 0 atom stereocenters. The lowest BCUT2D eigenvalue weighted by molar-refractivity contribution is 0.103. The molecule has 1 fully saturated rings. The molecule has 30 heavy (non-hydrogen) atoms. The van der Waals surface area contributed by atoms with Crippen LogP contribution in [0.1, 0.15) is 12.8 Å². The van der Waals surface area contributed by atoms with Crippen molar-refractivity contribution in [3.63, 3.8) is 0 Å². The van der Waals surface area contributed by atoms with E-state index in [0.29, 0.717) is 16.0 Å². The van der Waals surface area contributed by atoms with Crippen molar-refractivity contribution in [2.75, 3.05) is 31.5 Å². The Balaban J connectivity index is 1.21. The van der Waals surface area contributed by atoms with Crippen molar-refractivity contribution in [1.82, 2.24) is 14.9 Å². The number of hydrogen-bond acceptors (Lipinski definition) is 5. The lowest BCUT2D eigenvalue weighted by Gasteiger charge is -2.32.